The zero-order valence-corrected chi connectivity index (χ0v) is 38.0. The van der Waals surface area contributed by atoms with Gasteiger partial charge in [0, 0.05) is 37.3 Å². The van der Waals surface area contributed by atoms with Crippen molar-refractivity contribution in [1.82, 2.24) is 20.1 Å². The summed E-state index contributed by atoms with van der Waals surface area (Å²) in [5.74, 6) is -3.20. The monoisotopic (exact) mass is 903 g/mol. The minimum Gasteiger partial charge on any atom is -0.496 e. The number of nitrogens with zero attached hydrogens (tertiary/aromatic N) is 3. The van der Waals surface area contributed by atoms with E-state index in [9.17, 15) is 33.2 Å². The third kappa shape index (κ3) is 9.66. The van der Waals surface area contributed by atoms with Gasteiger partial charge in [0.1, 0.15) is 36.2 Å². The summed E-state index contributed by atoms with van der Waals surface area (Å²) in [7, 11) is 0.538. The van der Waals surface area contributed by atoms with Crippen molar-refractivity contribution in [2.75, 3.05) is 38.7 Å². The predicted molar refractivity (Wildman–Crippen MR) is 233 cm³/mol. The van der Waals surface area contributed by atoms with Crippen LogP contribution < -0.4 is 15.4 Å². The second-order valence-electron chi connectivity index (χ2n) is 18.6. The minimum atomic E-state index is -1.50. The Morgan fingerprint density at radius 3 is 2.47 bits per heavy atom. The summed E-state index contributed by atoms with van der Waals surface area (Å²) in [6.07, 6.45) is 0.570. The Balaban J connectivity index is 1.19. The maximum absolute atomic E-state index is 15.0. The van der Waals surface area contributed by atoms with E-state index in [1.165, 1.54) is 12.5 Å². The molecule has 3 aliphatic carbocycles. The summed E-state index contributed by atoms with van der Waals surface area (Å²) in [4.78, 5) is 87.2. The number of urea groups is 1. The highest BCUT2D eigenvalue weighted by Gasteiger charge is 2.68. The molecule has 0 radical (unpaired) electrons. The lowest BCUT2D eigenvalue weighted by atomic mass is 9.43. The fourth-order valence-corrected chi connectivity index (χ4v) is 10.3. The van der Waals surface area contributed by atoms with Crippen LogP contribution in [-0.2, 0) is 46.2 Å². The molecule has 2 N–H and O–H groups in total. The largest absolute Gasteiger partial charge is 0.496 e. The summed E-state index contributed by atoms with van der Waals surface area (Å²) in [6, 6.07) is 11.6. The van der Waals surface area contributed by atoms with Crippen LogP contribution in [0.25, 0.3) is 0 Å². The van der Waals surface area contributed by atoms with Crippen LogP contribution in [0.5, 0.6) is 5.75 Å². The maximum Gasteiger partial charge on any atom is 0.461 e. The van der Waals surface area contributed by atoms with Gasteiger partial charge in [0.05, 0.1) is 24.5 Å². The van der Waals surface area contributed by atoms with Gasteiger partial charge >= 0.3 is 37.0 Å². The molecule has 5 aliphatic rings. The number of esters is 1. The first kappa shape index (κ1) is 46.6. The zero-order valence-electron chi connectivity index (χ0n) is 37.1. The number of rotatable bonds is 15. The molecule has 64 heavy (non-hydrogen) atoms. The molecule has 5 amide bonds. The average molecular weight is 904 g/mol. The highest BCUT2D eigenvalue weighted by molar-refractivity contribution is 7.13. The highest BCUT2D eigenvalue weighted by Crippen LogP contribution is 2.66. The van der Waals surface area contributed by atoms with E-state index in [1.807, 2.05) is 18.2 Å². The first-order chi connectivity index (χ1) is 30.3. The van der Waals surface area contributed by atoms with E-state index >= 15 is 0 Å². The number of ketones is 1. The van der Waals surface area contributed by atoms with E-state index in [-0.39, 0.29) is 78.7 Å². The number of hydrogen-bond acceptors (Lipinski definition) is 13. The lowest BCUT2D eigenvalue weighted by Gasteiger charge is -2.64. The Morgan fingerprint density at radius 1 is 1.03 bits per heavy atom. The molecule has 1 aromatic heterocycles. The number of anilines is 1. The summed E-state index contributed by atoms with van der Waals surface area (Å²) < 4.78 is 43.7. The quantitative estimate of drug-likeness (QED) is 0.0952. The summed E-state index contributed by atoms with van der Waals surface area (Å²) in [5.41, 5.74) is 0.153. The highest BCUT2D eigenvalue weighted by atomic mass is 32.1. The first-order valence-corrected chi connectivity index (χ1v) is 22.4. The third-order valence-corrected chi connectivity index (χ3v) is 13.7. The van der Waals surface area contributed by atoms with Gasteiger partial charge in [0.25, 0.3) is 0 Å². The van der Waals surface area contributed by atoms with Crippen molar-refractivity contribution in [3.05, 3.63) is 76.3 Å². The lowest BCUT2D eigenvalue weighted by Crippen LogP contribution is -2.65. The number of benzene rings is 2. The summed E-state index contributed by atoms with van der Waals surface area (Å²) in [6.45, 7) is 10.3. The molecule has 2 aromatic carbocycles. The SMILES string of the molecule is COc1c(C[C@H](CC(=O)C(NC(=O)N2CCN(CCF)C(=O)C2=O)c2csc(NC(=O)OCc3ccccc3)n2)B2OC3C[C@@H]4C[C@@H](C4(C)C)[C@]3(C)O2)cccc1C(=O)OC(C)(C)C. The number of carbonyl (C=O) groups excluding carboxylic acids is 6. The van der Waals surface area contributed by atoms with Crippen LogP contribution in [0.1, 0.15) is 94.0 Å². The second-order valence-corrected chi connectivity index (χ2v) is 19.4. The van der Waals surface area contributed by atoms with Crippen LogP contribution in [0.3, 0.4) is 0 Å². The van der Waals surface area contributed by atoms with E-state index in [4.69, 9.17) is 23.5 Å². The molecule has 2 saturated heterocycles. The number of alkyl halides is 1. The molecule has 342 valence electrons. The molecule has 6 atom stereocenters. The van der Waals surface area contributed by atoms with Crippen LogP contribution in [0.15, 0.2) is 53.9 Å². The molecule has 5 fully saturated rings. The number of imide groups is 1. The molecular weight excluding hydrogens is 848 g/mol. The predicted octanol–water partition coefficient (Wildman–Crippen LogP) is 6.55. The van der Waals surface area contributed by atoms with Gasteiger partial charge in [-0.15, -0.1) is 11.3 Å². The van der Waals surface area contributed by atoms with Gasteiger partial charge in [-0.1, -0.05) is 56.3 Å². The fourth-order valence-electron chi connectivity index (χ4n) is 9.53. The molecule has 0 spiro atoms. The molecule has 2 unspecified atom stereocenters. The van der Waals surface area contributed by atoms with E-state index in [2.05, 4.69) is 36.4 Å². The zero-order chi connectivity index (χ0) is 46.1. The van der Waals surface area contributed by atoms with Crippen molar-refractivity contribution in [2.45, 2.75) is 103 Å². The topological polar surface area (TPSA) is 192 Å². The van der Waals surface area contributed by atoms with Crippen LogP contribution in [0.4, 0.5) is 19.1 Å². The first-order valence-electron chi connectivity index (χ1n) is 21.5. The normalized spacial score (nSPS) is 23.4. The van der Waals surface area contributed by atoms with Gasteiger partial charge in [-0.05, 0) is 81.4 Å². The number of carbonyl (C=O) groups is 6. The smallest absolute Gasteiger partial charge is 0.461 e. The van der Waals surface area contributed by atoms with Crippen molar-refractivity contribution in [1.29, 1.82) is 0 Å². The number of piperazine rings is 1. The van der Waals surface area contributed by atoms with Crippen LogP contribution in [0, 0.1) is 17.3 Å². The van der Waals surface area contributed by atoms with Gasteiger partial charge in [-0.2, -0.15) is 0 Å². The minimum absolute atomic E-state index is 0.00954. The number of ether oxygens (including phenoxy) is 3. The van der Waals surface area contributed by atoms with Crippen molar-refractivity contribution in [3.8, 4) is 5.75 Å². The lowest BCUT2D eigenvalue weighted by molar-refractivity contribution is -0.199. The van der Waals surface area contributed by atoms with E-state index in [1.54, 1.807) is 51.1 Å². The second kappa shape index (κ2) is 18.6. The van der Waals surface area contributed by atoms with Gasteiger partial charge in [0.15, 0.2) is 10.9 Å². The van der Waals surface area contributed by atoms with Gasteiger partial charge in [-0.3, -0.25) is 24.6 Å². The Morgan fingerprint density at radius 2 is 1.78 bits per heavy atom. The molecule has 8 rings (SSSR count). The number of methoxy groups -OCH3 is 1. The third-order valence-electron chi connectivity index (χ3n) is 13.0. The summed E-state index contributed by atoms with van der Waals surface area (Å²) >= 11 is 0.979. The van der Waals surface area contributed by atoms with Gasteiger partial charge in [-0.25, -0.2) is 23.8 Å². The number of para-hydroxylation sites is 1. The van der Waals surface area contributed by atoms with E-state index in [0.717, 1.165) is 34.6 Å². The Bertz CT molecular complexity index is 2270. The number of aromatic nitrogens is 1. The van der Waals surface area contributed by atoms with Crippen molar-refractivity contribution < 1.29 is 56.7 Å². The van der Waals surface area contributed by atoms with Crippen molar-refractivity contribution in [2.24, 2.45) is 17.3 Å². The Labute approximate surface area is 376 Å². The number of Topliss-reactive ketones (excluding diaryl/α,β-unsaturated/α-hetero) is 1. The van der Waals surface area contributed by atoms with E-state index < -0.39 is 72.5 Å². The van der Waals surface area contributed by atoms with Crippen LogP contribution in [-0.4, -0.2) is 108 Å². The molecule has 2 bridgehead atoms. The molecule has 3 heterocycles. The summed E-state index contributed by atoms with van der Waals surface area (Å²) in [5, 5.41) is 6.74. The molecule has 3 saturated carbocycles. The maximum atomic E-state index is 15.0. The standard InChI is InChI=1S/C45H55BFN5O11S/c1-43(2,3)61-39(56)30-15-11-14-27(36(30)59-7)20-29(46-62-34-22-28-21-33(44(28,4)5)45(34,6)63-46)23-32(53)35(49-41(57)52-19-18-51(17-16-47)37(54)38(52)55)31-25-64-40(48-31)50-42(58)60-24-26-12-9-8-10-13-26/h8-15,25,28-29,33-35H,16-24H2,1-7H3,(H,49,57)(H,48,50,58)/t28-,29+,33-,34?,35?,45-/m0/s1. The van der Waals surface area contributed by atoms with Crippen molar-refractivity contribution >= 4 is 59.3 Å². The molecule has 19 heteroatoms. The molecule has 2 aliphatic heterocycles. The number of hydrogen-bond donors (Lipinski definition) is 2. The number of amides is 5. The van der Waals surface area contributed by atoms with Crippen molar-refractivity contribution in [3.63, 3.8) is 0 Å². The van der Waals surface area contributed by atoms with Crippen LogP contribution >= 0.6 is 11.3 Å². The Hall–Kier alpha value is -5.40. The number of nitrogens with one attached hydrogen (secondary N) is 2. The molecular formula is C45H55BFN5O11S. The fraction of sp³-hybridized carbons (Fsp3) is 0.533. The molecule has 16 nitrogen and oxygen atoms in total. The molecule has 3 aromatic rings. The van der Waals surface area contributed by atoms with Gasteiger partial charge < -0.3 is 33.7 Å². The number of halogens is 1. The average Bonchev–Trinajstić information content (AvgIpc) is 3.86. The Kier molecular flexibility index (Phi) is 13.5. The number of thiazole rings is 1. The van der Waals surface area contributed by atoms with Gasteiger partial charge in [0.2, 0.25) is 0 Å². The van der Waals surface area contributed by atoms with E-state index in [0.29, 0.717) is 16.4 Å². The van der Waals surface area contributed by atoms with Crippen LogP contribution in [0.2, 0.25) is 5.82 Å².